The Morgan fingerprint density at radius 1 is 1.56 bits per heavy atom. The molecule has 1 aliphatic rings. The van der Waals surface area contributed by atoms with Crippen molar-refractivity contribution in [2.75, 3.05) is 0 Å². The second kappa shape index (κ2) is 3.80. The average molecular weight is 223 g/mol. The first kappa shape index (κ1) is 10.4. The standard InChI is InChI=1S/C10H9NO5/c12-10(13)9-3-1-6-5-7(11(14)15)2-4-8(6)16-9/h2,4-5,9H,1,3H2,(H,12,13). The van der Waals surface area contributed by atoms with E-state index in [0.717, 1.165) is 0 Å². The lowest BCUT2D eigenvalue weighted by molar-refractivity contribution is -0.385. The molecule has 0 bridgehead atoms. The summed E-state index contributed by atoms with van der Waals surface area (Å²) < 4.78 is 5.21. The van der Waals surface area contributed by atoms with Crippen LogP contribution in [0.5, 0.6) is 5.75 Å². The summed E-state index contributed by atoms with van der Waals surface area (Å²) in [5.74, 6) is -0.590. The van der Waals surface area contributed by atoms with Gasteiger partial charge in [0.25, 0.3) is 5.69 Å². The topological polar surface area (TPSA) is 89.7 Å². The van der Waals surface area contributed by atoms with Crippen LogP contribution in [-0.2, 0) is 11.2 Å². The summed E-state index contributed by atoms with van der Waals surface area (Å²) in [4.78, 5) is 20.8. The van der Waals surface area contributed by atoms with Gasteiger partial charge >= 0.3 is 5.97 Å². The van der Waals surface area contributed by atoms with Gasteiger partial charge in [0, 0.05) is 17.7 Å². The average Bonchev–Trinajstić information content (AvgIpc) is 2.27. The molecule has 1 aliphatic heterocycles. The number of nitro benzene ring substituents is 1. The van der Waals surface area contributed by atoms with Gasteiger partial charge in [0.05, 0.1) is 4.92 Å². The van der Waals surface area contributed by atoms with E-state index in [2.05, 4.69) is 0 Å². The Kier molecular flexibility index (Phi) is 2.47. The minimum Gasteiger partial charge on any atom is -0.479 e. The maximum absolute atomic E-state index is 10.7. The van der Waals surface area contributed by atoms with Crippen LogP contribution in [0.1, 0.15) is 12.0 Å². The van der Waals surface area contributed by atoms with Crippen LogP contribution in [0.4, 0.5) is 5.69 Å². The van der Waals surface area contributed by atoms with Gasteiger partial charge in [-0.3, -0.25) is 10.1 Å². The highest BCUT2D eigenvalue weighted by molar-refractivity contribution is 5.73. The number of fused-ring (bicyclic) bond motifs is 1. The summed E-state index contributed by atoms with van der Waals surface area (Å²) >= 11 is 0. The summed E-state index contributed by atoms with van der Waals surface area (Å²) in [5.41, 5.74) is 0.683. The summed E-state index contributed by atoms with van der Waals surface area (Å²) in [5, 5.41) is 19.3. The van der Waals surface area contributed by atoms with Gasteiger partial charge in [-0.05, 0) is 18.9 Å². The molecule has 2 rings (SSSR count). The van der Waals surface area contributed by atoms with E-state index in [1.54, 1.807) is 0 Å². The fourth-order valence-electron chi connectivity index (χ4n) is 1.66. The number of carboxylic acid groups (broad SMARTS) is 1. The summed E-state index contributed by atoms with van der Waals surface area (Å²) in [6, 6.07) is 4.18. The largest absolute Gasteiger partial charge is 0.479 e. The predicted molar refractivity (Wildman–Crippen MR) is 53.5 cm³/mol. The molecule has 1 atom stereocenters. The highest BCUT2D eigenvalue weighted by atomic mass is 16.6. The number of carbonyl (C=O) groups is 1. The number of aryl methyl sites for hydroxylation is 1. The number of hydrogen-bond donors (Lipinski definition) is 1. The minimum atomic E-state index is -1.01. The monoisotopic (exact) mass is 223 g/mol. The lowest BCUT2D eigenvalue weighted by Crippen LogP contribution is -2.30. The molecular weight excluding hydrogens is 214 g/mol. The van der Waals surface area contributed by atoms with Crippen LogP contribution in [0.25, 0.3) is 0 Å². The number of nitrogens with zero attached hydrogens (tertiary/aromatic N) is 1. The van der Waals surface area contributed by atoms with Crippen molar-refractivity contribution in [3.63, 3.8) is 0 Å². The van der Waals surface area contributed by atoms with Crippen LogP contribution < -0.4 is 4.74 Å². The third kappa shape index (κ3) is 1.81. The van der Waals surface area contributed by atoms with Crippen molar-refractivity contribution in [2.24, 2.45) is 0 Å². The Morgan fingerprint density at radius 2 is 2.31 bits per heavy atom. The third-order valence-electron chi connectivity index (χ3n) is 2.48. The van der Waals surface area contributed by atoms with Crippen molar-refractivity contribution in [1.29, 1.82) is 0 Å². The molecular formula is C10H9NO5. The number of non-ortho nitro benzene ring substituents is 1. The number of carboxylic acids is 1. The summed E-state index contributed by atoms with van der Waals surface area (Å²) in [6.45, 7) is 0. The number of aliphatic carboxylic acids is 1. The van der Waals surface area contributed by atoms with Crippen LogP contribution in [0, 0.1) is 10.1 Å². The van der Waals surface area contributed by atoms with Crippen LogP contribution in [0.15, 0.2) is 18.2 Å². The molecule has 1 unspecified atom stereocenters. The van der Waals surface area contributed by atoms with Crippen LogP contribution in [0.3, 0.4) is 0 Å². The SMILES string of the molecule is O=C(O)C1CCc2cc([N+](=O)[O-])ccc2O1. The second-order valence-electron chi connectivity index (χ2n) is 3.53. The highest BCUT2D eigenvalue weighted by Gasteiger charge is 2.26. The van der Waals surface area contributed by atoms with Gasteiger partial charge in [-0.1, -0.05) is 0 Å². The number of benzene rings is 1. The van der Waals surface area contributed by atoms with E-state index >= 15 is 0 Å². The first-order valence-corrected chi connectivity index (χ1v) is 4.74. The number of nitro groups is 1. The molecule has 0 spiro atoms. The van der Waals surface area contributed by atoms with Gasteiger partial charge in [0.1, 0.15) is 5.75 Å². The van der Waals surface area contributed by atoms with Gasteiger partial charge in [-0.25, -0.2) is 4.79 Å². The van der Waals surface area contributed by atoms with Crippen LogP contribution in [0.2, 0.25) is 0 Å². The number of rotatable bonds is 2. The maximum Gasteiger partial charge on any atom is 0.344 e. The predicted octanol–water partition coefficient (Wildman–Crippen LogP) is 1.37. The van der Waals surface area contributed by atoms with E-state index in [4.69, 9.17) is 9.84 Å². The van der Waals surface area contributed by atoms with Crippen molar-refractivity contribution in [1.82, 2.24) is 0 Å². The van der Waals surface area contributed by atoms with Gasteiger partial charge in [0.15, 0.2) is 6.10 Å². The van der Waals surface area contributed by atoms with Gasteiger partial charge < -0.3 is 9.84 Å². The summed E-state index contributed by atoms with van der Waals surface area (Å²) in [6.07, 6.45) is -0.0359. The quantitative estimate of drug-likeness (QED) is 0.604. The molecule has 16 heavy (non-hydrogen) atoms. The Bertz CT molecular complexity index is 457. The Balaban J connectivity index is 2.29. The molecule has 6 heteroatoms. The lowest BCUT2D eigenvalue weighted by Gasteiger charge is -2.22. The van der Waals surface area contributed by atoms with Crippen LogP contribution >= 0.6 is 0 Å². The van der Waals surface area contributed by atoms with Crippen molar-refractivity contribution in [2.45, 2.75) is 18.9 Å². The van der Waals surface area contributed by atoms with E-state index in [0.29, 0.717) is 24.2 Å². The van der Waals surface area contributed by atoms with Crippen molar-refractivity contribution >= 4 is 11.7 Å². The molecule has 0 radical (unpaired) electrons. The van der Waals surface area contributed by atoms with Gasteiger partial charge in [-0.2, -0.15) is 0 Å². The number of hydrogen-bond acceptors (Lipinski definition) is 4. The number of ether oxygens (including phenoxy) is 1. The van der Waals surface area contributed by atoms with E-state index in [9.17, 15) is 14.9 Å². The molecule has 0 aliphatic carbocycles. The molecule has 84 valence electrons. The molecule has 0 amide bonds. The second-order valence-corrected chi connectivity index (χ2v) is 3.53. The first-order valence-electron chi connectivity index (χ1n) is 4.74. The Hall–Kier alpha value is -2.11. The van der Waals surface area contributed by atoms with E-state index < -0.39 is 17.0 Å². The highest BCUT2D eigenvalue weighted by Crippen LogP contribution is 2.30. The maximum atomic E-state index is 10.7. The normalized spacial score (nSPS) is 18.4. The molecule has 0 aromatic heterocycles. The van der Waals surface area contributed by atoms with E-state index in [-0.39, 0.29) is 5.69 Å². The minimum absolute atomic E-state index is 0.00359. The van der Waals surface area contributed by atoms with Crippen molar-refractivity contribution in [3.05, 3.63) is 33.9 Å². The van der Waals surface area contributed by atoms with E-state index in [1.165, 1.54) is 18.2 Å². The molecule has 0 saturated heterocycles. The smallest absolute Gasteiger partial charge is 0.344 e. The molecule has 6 nitrogen and oxygen atoms in total. The molecule has 1 N–H and O–H groups in total. The van der Waals surface area contributed by atoms with Crippen LogP contribution in [-0.4, -0.2) is 22.1 Å². The molecule has 1 aromatic rings. The zero-order valence-corrected chi connectivity index (χ0v) is 8.25. The van der Waals surface area contributed by atoms with Gasteiger partial charge in [0.2, 0.25) is 0 Å². The third-order valence-corrected chi connectivity index (χ3v) is 2.48. The molecule has 1 aromatic carbocycles. The fraction of sp³-hybridized carbons (Fsp3) is 0.300. The zero-order chi connectivity index (χ0) is 11.7. The molecule has 0 fully saturated rings. The fourth-order valence-corrected chi connectivity index (χ4v) is 1.66. The van der Waals surface area contributed by atoms with E-state index in [1.807, 2.05) is 0 Å². The first-order chi connectivity index (χ1) is 7.58. The zero-order valence-electron chi connectivity index (χ0n) is 8.25. The van der Waals surface area contributed by atoms with Gasteiger partial charge in [-0.15, -0.1) is 0 Å². The van der Waals surface area contributed by atoms with Crippen molar-refractivity contribution < 1.29 is 19.6 Å². The lowest BCUT2D eigenvalue weighted by atomic mass is 10.0. The Morgan fingerprint density at radius 3 is 2.94 bits per heavy atom. The Labute approximate surface area is 90.6 Å². The van der Waals surface area contributed by atoms with Crippen molar-refractivity contribution in [3.8, 4) is 5.75 Å². The molecule has 1 heterocycles. The molecule has 0 saturated carbocycles. The summed E-state index contributed by atoms with van der Waals surface area (Å²) in [7, 11) is 0.